The number of carbonyl (C=O) groups is 1. The van der Waals surface area contributed by atoms with Crippen LogP contribution in [-0.2, 0) is 14.8 Å². The standard InChI is InChI=1S/C30H49N3O4S/c1-23-20-29(37-4)21-24(2)30(23)38(35,36)31(3)16-13-28(34)22-26-6-8-27(9-7-26)33-18-11-25(12-19-33)10-17-32-14-5-15-32/h20-21,25-27H,5-19,22H2,1-4H3. The van der Waals surface area contributed by atoms with Crippen molar-refractivity contribution in [3.05, 3.63) is 23.3 Å². The van der Waals surface area contributed by atoms with E-state index in [1.807, 2.05) is 0 Å². The summed E-state index contributed by atoms with van der Waals surface area (Å²) in [7, 11) is -0.517. The van der Waals surface area contributed by atoms with Gasteiger partial charge in [0.15, 0.2) is 0 Å². The van der Waals surface area contributed by atoms with Crippen molar-refractivity contribution in [2.24, 2.45) is 11.8 Å². The highest BCUT2D eigenvalue weighted by atomic mass is 32.2. The van der Waals surface area contributed by atoms with E-state index >= 15 is 0 Å². The molecule has 0 aromatic heterocycles. The molecule has 1 aromatic carbocycles. The molecule has 1 aliphatic carbocycles. The third kappa shape index (κ3) is 7.38. The number of aryl methyl sites for hydroxylation is 2. The molecule has 0 spiro atoms. The molecule has 0 atom stereocenters. The van der Waals surface area contributed by atoms with Gasteiger partial charge in [-0.15, -0.1) is 0 Å². The second-order valence-electron chi connectivity index (χ2n) is 12.0. The average molecular weight is 548 g/mol. The molecule has 2 saturated heterocycles. The third-order valence-corrected chi connectivity index (χ3v) is 11.5. The summed E-state index contributed by atoms with van der Waals surface area (Å²) in [5.41, 5.74) is 1.32. The number of carbonyl (C=O) groups excluding carboxylic acids is 1. The molecule has 0 amide bonds. The molecule has 1 aromatic rings. The SMILES string of the molecule is COc1cc(C)c(S(=O)(=O)N(C)CCC(=O)CC2CCC(N3CCC(CCN4CCC4)CC3)CC2)c(C)c1. The van der Waals surface area contributed by atoms with Crippen molar-refractivity contribution in [3.63, 3.8) is 0 Å². The first-order valence-corrected chi connectivity index (χ1v) is 16.2. The maximum absolute atomic E-state index is 13.2. The number of hydrogen-bond donors (Lipinski definition) is 0. The minimum absolute atomic E-state index is 0.182. The highest BCUT2D eigenvalue weighted by Crippen LogP contribution is 2.33. The van der Waals surface area contributed by atoms with Gasteiger partial charge in [0.1, 0.15) is 11.5 Å². The lowest BCUT2D eigenvalue weighted by Crippen LogP contribution is -2.44. The van der Waals surface area contributed by atoms with E-state index in [1.54, 1.807) is 40.1 Å². The minimum Gasteiger partial charge on any atom is -0.497 e. The Hall–Kier alpha value is -1.48. The predicted octanol–water partition coefficient (Wildman–Crippen LogP) is 4.65. The van der Waals surface area contributed by atoms with Gasteiger partial charge in [-0.1, -0.05) is 0 Å². The van der Waals surface area contributed by atoms with Gasteiger partial charge in [-0.05, 0) is 133 Å². The van der Waals surface area contributed by atoms with Crippen LogP contribution in [0.5, 0.6) is 5.75 Å². The summed E-state index contributed by atoms with van der Waals surface area (Å²) in [6.07, 6.45) is 10.9. The van der Waals surface area contributed by atoms with E-state index in [0.29, 0.717) is 40.2 Å². The van der Waals surface area contributed by atoms with Crippen LogP contribution < -0.4 is 4.74 Å². The number of rotatable bonds is 12. The van der Waals surface area contributed by atoms with Crippen molar-refractivity contribution in [3.8, 4) is 5.75 Å². The predicted molar refractivity (Wildman–Crippen MR) is 152 cm³/mol. The number of Topliss-reactive ketones (excluding diaryl/α,β-unsaturated/α-hetero) is 1. The van der Waals surface area contributed by atoms with E-state index in [1.165, 1.54) is 75.6 Å². The van der Waals surface area contributed by atoms with Gasteiger partial charge in [0.2, 0.25) is 10.0 Å². The molecular weight excluding hydrogens is 498 g/mol. The molecule has 0 N–H and O–H groups in total. The Balaban J connectivity index is 1.16. The van der Waals surface area contributed by atoms with Crippen molar-refractivity contribution in [2.75, 3.05) is 53.4 Å². The van der Waals surface area contributed by atoms with Gasteiger partial charge in [0.25, 0.3) is 0 Å². The molecule has 8 heteroatoms. The molecule has 2 heterocycles. The van der Waals surface area contributed by atoms with E-state index in [2.05, 4.69) is 9.80 Å². The topological polar surface area (TPSA) is 70.2 Å². The number of hydrogen-bond acceptors (Lipinski definition) is 6. The normalized spacial score (nSPS) is 23.9. The van der Waals surface area contributed by atoms with E-state index in [0.717, 1.165) is 18.8 Å². The molecule has 0 bridgehead atoms. The van der Waals surface area contributed by atoms with Crippen LogP contribution in [0, 0.1) is 25.7 Å². The molecule has 2 aliphatic heterocycles. The van der Waals surface area contributed by atoms with Gasteiger partial charge in [-0.3, -0.25) is 4.79 Å². The summed E-state index contributed by atoms with van der Waals surface area (Å²) in [6, 6.07) is 4.17. The summed E-state index contributed by atoms with van der Waals surface area (Å²) in [5.74, 6) is 2.18. The molecule has 1 saturated carbocycles. The molecule has 214 valence electrons. The molecule has 38 heavy (non-hydrogen) atoms. The summed E-state index contributed by atoms with van der Waals surface area (Å²) >= 11 is 0. The lowest BCUT2D eigenvalue weighted by Gasteiger charge is -2.41. The third-order valence-electron chi connectivity index (χ3n) is 9.34. The van der Waals surface area contributed by atoms with E-state index in [4.69, 9.17) is 4.74 Å². The number of ketones is 1. The Labute approximate surface area is 230 Å². The fourth-order valence-electron chi connectivity index (χ4n) is 6.71. The first-order valence-electron chi connectivity index (χ1n) is 14.8. The first-order chi connectivity index (χ1) is 18.2. The van der Waals surface area contributed by atoms with E-state index in [9.17, 15) is 13.2 Å². The average Bonchev–Trinajstić information content (AvgIpc) is 2.86. The summed E-state index contributed by atoms with van der Waals surface area (Å²) < 4.78 is 33.1. The van der Waals surface area contributed by atoms with Gasteiger partial charge in [0, 0.05) is 32.5 Å². The van der Waals surface area contributed by atoms with Crippen LogP contribution in [0.15, 0.2) is 17.0 Å². The number of likely N-dealkylation sites (tertiary alicyclic amines) is 2. The fraction of sp³-hybridized carbons (Fsp3) is 0.767. The Kier molecular flexibility index (Phi) is 10.3. The Morgan fingerprint density at radius 3 is 2.16 bits per heavy atom. The molecule has 7 nitrogen and oxygen atoms in total. The smallest absolute Gasteiger partial charge is 0.243 e. The van der Waals surface area contributed by atoms with Crippen LogP contribution in [0.1, 0.15) is 75.3 Å². The number of methoxy groups -OCH3 is 1. The molecule has 4 rings (SSSR count). The number of benzene rings is 1. The molecular formula is C30H49N3O4S. The molecule has 0 unspecified atom stereocenters. The zero-order valence-corrected chi connectivity index (χ0v) is 24.9. The highest BCUT2D eigenvalue weighted by Gasteiger charge is 2.31. The van der Waals surface area contributed by atoms with Crippen LogP contribution >= 0.6 is 0 Å². The van der Waals surface area contributed by atoms with Crippen LogP contribution in [0.25, 0.3) is 0 Å². The number of sulfonamides is 1. The Bertz CT molecular complexity index is 1020. The lowest BCUT2D eigenvalue weighted by atomic mass is 9.81. The van der Waals surface area contributed by atoms with Crippen molar-refractivity contribution < 1.29 is 17.9 Å². The maximum atomic E-state index is 13.2. The van der Waals surface area contributed by atoms with Gasteiger partial charge in [0.05, 0.1) is 12.0 Å². The Morgan fingerprint density at radius 1 is 0.974 bits per heavy atom. The van der Waals surface area contributed by atoms with Gasteiger partial charge in [-0.2, -0.15) is 0 Å². The first kappa shape index (κ1) is 29.5. The van der Waals surface area contributed by atoms with Crippen molar-refractivity contribution in [2.45, 2.75) is 89.0 Å². The highest BCUT2D eigenvalue weighted by molar-refractivity contribution is 7.89. The second-order valence-corrected chi connectivity index (χ2v) is 14.0. The summed E-state index contributed by atoms with van der Waals surface area (Å²) in [5, 5.41) is 0. The van der Waals surface area contributed by atoms with E-state index in [-0.39, 0.29) is 18.7 Å². The summed E-state index contributed by atoms with van der Waals surface area (Å²) in [6.45, 7) is 10.2. The zero-order valence-electron chi connectivity index (χ0n) is 24.1. The minimum atomic E-state index is -3.67. The number of nitrogens with zero attached hydrogens (tertiary/aromatic N) is 3. The summed E-state index contributed by atoms with van der Waals surface area (Å²) in [4.78, 5) is 18.4. The van der Waals surface area contributed by atoms with Crippen LogP contribution in [0.2, 0.25) is 0 Å². The van der Waals surface area contributed by atoms with Gasteiger partial charge >= 0.3 is 0 Å². The zero-order chi connectivity index (χ0) is 27.3. The van der Waals surface area contributed by atoms with Crippen molar-refractivity contribution >= 4 is 15.8 Å². The number of piperidine rings is 1. The lowest BCUT2D eigenvalue weighted by molar-refractivity contribution is -0.120. The second kappa shape index (κ2) is 13.2. The monoisotopic (exact) mass is 547 g/mol. The largest absolute Gasteiger partial charge is 0.497 e. The maximum Gasteiger partial charge on any atom is 0.243 e. The van der Waals surface area contributed by atoms with Gasteiger partial charge < -0.3 is 14.5 Å². The number of ether oxygens (including phenoxy) is 1. The van der Waals surface area contributed by atoms with Crippen LogP contribution in [0.4, 0.5) is 0 Å². The molecule has 3 aliphatic rings. The quantitative estimate of drug-likeness (QED) is 0.380. The van der Waals surface area contributed by atoms with Crippen molar-refractivity contribution in [1.29, 1.82) is 0 Å². The fourth-order valence-corrected chi connectivity index (χ4v) is 8.28. The molecule has 0 radical (unpaired) electrons. The van der Waals surface area contributed by atoms with Crippen LogP contribution in [0.3, 0.4) is 0 Å². The molecule has 3 fully saturated rings. The Morgan fingerprint density at radius 2 is 1.61 bits per heavy atom. The van der Waals surface area contributed by atoms with Crippen LogP contribution in [-0.4, -0.2) is 87.8 Å². The van der Waals surface area contributed by atoms with Crippen molar-refractivity contribution in [1.82, 2.24) is 14.1 Å². The van der Waals surface area contributed by atoms with Gasteiger partial charge in [-0.25, -0.2) is 12.7 Å². The van der Waals surface area contributed by atoms with E-state index < -0.39 is 10.0 Å².